The number of benzene rings is 2. The van der Waals surface area contributed by atoms with Crippen molar-refractivity contribution in [3.8, 4) is 10.8 Å². The molecule has 0 amide bonds. The van der Waals surface area contributed by atoms with E-state index >= 15 is 0 Å². The molecule has 0 saturated carbocycles. The number of aryl methyl sites for hydroxylation is 3. The zero-order valence-corrected chi connectivity index (χ0v) is 29.0. The maximum Gasteiger partial charge on any atom is 0.333 e. The van der Waals surface area contributed by atoms with Gasteiger partial charge in [0, 0.05) is 12.1 Å². The summed E-state index contributed by atoms with van der Waals surface area (Å²) in [5, 5.41) is 25.2. The molecule has 12 nitrogen and oxygen atoms in total. The van der Waals surface area contributed by atoms with E-state index in [2.05, 4.69) is 10.2 Å². The van der Waals surface area contributed by atoms with Gasteiger partial charge in [-0.05, 0) is 63.4 Å². The van der Waals surface area contributed by atoms with E-state index in [4.69, 9.17) is 19.7 Å². The van der Waals surface area contributed by atoms with Crippen molar-refractivity contribution >= 4 is 27.5 Å². The van der Waals surface area contributed by atoms with Gasteiger partial charge in [0.25, 0.3) is 5.56 Å². The fraction of sp³-hybridized carbons (Fsp3) is 0.382. The van der Waals surface area contributed by atoms with E-state index < -0.39 is 34.7 Å². The molecule has 2 aromatic carbocycles. The summed E-state index contributed by atoms with van der Waals surface area (Å²) in [4.78, 5) is 43.2. The fourth-order valence-corrected chi connectivity index (χ4v) is 5.94. The van der Waals surface area contributed by atoms with E-state index in [1.54, 1.807) is 6.92 Å². The lowest BCUT2D eigenvalue weighted by molar-refractivity contribution is -0.154. The molecule has 0 spiro atoms. The number of hydrogen-bond acceptors (Lipinski definition) is 10. The summed E-state index contributed by atoms with van der Waals surface area (Å²) in [5.41, 5.74) is -1.09. The lowest BCUT2D eigenvalue weighted by Crippen LogP contribution is -2.53. The van der Waals surface area contributed by atoms with E-state index in [1.165, 1.54) is 79.2 Å². The highest BCUT2D eigenvalue weighted by Gasteiger charge is 2.37. The van der Waals surface area contributed by atoms with Crippen molar-refractivity contribution in [1.29, 1.82) is 0 Å². The van der Waals surface area contributed by atoms with Crippen LogP contribution in [0.2, 0.25) is 0 Å². The number of halogens is 1. The molecule has 0 bridgehead atoms. The molecule has 3 aromatic heterocycles. The van der Waals surface area contributed by atoms with Crippen molar-refractivity contribution < 1.29 is 28.9 Å². The van der Waals surface area contributed by atoms with Gasteiger partial charge in [0.2, 0.25) is 0 Å². The molecule has 5 rings (SSSR count). The standard InChI is InChI=1S/C29H28FN5O5S.C3H8O2.C2H6/c1-18-23-24(36)34(29(2,3)27(37)40-17-19-8-6-5-7-9-19)28(38)33(26(23)41-25(18)35-31-13-14-32-35)15-12-20-16-21(30)10-11-22(20)39-4;1-3(5)2-4;1-2/h5-11,13-14,16H,12,15,17H2,1-4H3;3-5H,2H2,1H3;1-2H3. The number of esters is 1. The highest BCUT2D eigenvalue weighted by molar-refractivity contribution is 7.21. The first kappa shape index (κ1) is 37.8. The van der Waals surface area contributed by atoms with E-state index in [0.29, 0.717) is 26.7 Å². The minimum absolute atomic E-state index is 0.0136. The molecule has 0 fully saturated rings. The number of rotatable bonds is 10. The van der Waals surface area contributed by atoms with Gasteiger partial charge in [-0.25, -0.2) is 18.5 Å². The van der Waals surface area contributed by atoms with Crippen LogP contribution in [-0.4, -0.2) is 60.1 Å². The van der Waals surface area contributed by atoms with Crippen LogP contribution in [0.25, 0.3) is 15.2 Å². The summed E-state index contributed by atoms with van der Waals surface area (Å²) in [6.07, 6.45) is 2.68. The molecule has 5 aromatic rings. The molecule has 1 atom stereocenters. The third-order valence-electron chi connectivity index (χ3n) is 7.17. The number of nitrogens with zero attached hydrogens (tertiary/aromatic N) is 5. The minimum atomic E-state index is -1.64. The summed E-state index contributed by atoms with van der Waals surface area (Å²) < 4.78 is 27.4. The highest BCUT2D eigenvalue weighted by atomic mass is 32.1. The number of aliphatic hydroxyl groups excluding tert-OH is 2. The average molecular weight is 684 g/mol. The first-order chi connectivity index (χ1) is 22.9. The van der Waals surface area contributed by atoms with Crippen LogP contribution in [0.3, 0.4) is 0 Å². The van der Waals surface area contributed by atoms with Gasteiger partial charge in [0.05, 0.1) is 37.6 Å². The van der Waals surface area contributed by atoms with Crippen molar-refractivity contribution in [2.45, 2.75) is 72.8 Å². The summed E-state index contributed by atoms with van der Waals surface area (Å²) >= 11 is 1.19. The Hall–Kier alpha value is -4.66. The van der Waals surface area contributed by atoms with Crippen LogP contribution in [0.4, 0.5) is 4.39 Å². The number of methoxy groups -OCH3 is 1. The van der Waals surface area contributed by atoms with E-state index in [0.717, 1.165) is 10.1 Å². The summed E-state index contributed by atoms with van der Waals surface area (Å²) in [6, 6.07) is 13.3. The maximum absolute atomic E-state index is 14.1. The first-order valence-electron chi connectivity index (χ1n) is 15.4. The molecule has 48 heavy (non-hydrogen) atoms. The molecule has 0 aliphatic rings. The van der Waals surface area contributed by atoms with Crippen molar-refractivity contribution in [2.75, 3.05) is 13.7 Å². The largest absolute Gasteiger partial charge is 0.496 e. The van der Waals surface area contributed by atoms with Crippen molar-refractivity contribution in [3.63, 3.8) is 0 Å². The minimum Gasteiger partial charge on any atom is -0.496 e. The van der Waals surface area contributed by atoms with Crippen molar-refractivity contribution in [2.24, 2.45) is 0 Å². The molecule has 3 heterocycles. The Morgan fingerprint density at radius 3 is 2.29 bits per heavy atom. The highest BCUT2D eigenvalue weighted by Crippen LogP contribution is 2.31. The molecule has 258 valence electrons. The van der Waals surface area contributed by atoms with Crippen LogP contribution in [0.1, 0.15) is 51.3 Å². The number of carbonyl (C=O) groups excluding carboxylic acids is 1. The van der Waals surface area contributed by atoms with Crippen LogP contribution in [0.5, 0.6) is 5.75 Å². The van der Waals surface area contributed by atoms with Gasteiger partial charge in [-0.1, -0.05) is 55.5 Å². The van der Waals surface area contributed by atoms with Crippen LogP contribution >= 0.6 is 11.3 Å². The number of aliphatic hydroxyl groups is 2. The molecular formula is C34H42FN5O7S. The molecule has 14 heteroatoms. The zero-order valence-electron chi connectivity index (χ0n) is 28.1. The number of aromatic nitrogens is 5. The van der Waals surface area contributed by atoms with Crippen LogP contribution < -0.4 is 16.0 Å². The molecule has 0 aliphatic heterocycles. The summed E-state index contributed by atoms with van der Waals surface area (Å²) in [7, 11) is 1.48. The molecule has 1 unspecified atom stereocenters. The Bertz CT molecular complexity index is 1920. The molecule has 0 saturated heterocycles. The van der Waals surface area contributed by atoms with Gasteiger partial charge in [0.15, 0.2) is 0 Å². The van der Waals surface area contributed by atoms with E-state index in [9.17, 15) is 18.8 Å². The predicted molar refractivity (Wildman–Crippen MR) is 182 cm³/mol. The third kappa shape index (κ3) is 8.43. The zero-order chi connectivity index (χ0) is 35.6. The number of carbonyl (C=O) groups is 1. The number of hydrogen-bond donors (Lipinski definition) is 2. The second-order valence-corrected chi connectivity index (χ2v) is 11.9. The van der Waals surface area contributed by atoms with Gasteiger partial charge in [0.1, 0.15) is 33.5 Å². The Balaban J connectivity index is 0.000000818. The lowest BCUT2D eigenvalue weighted by Gasteiger charge is -2.26. The number of fused-ring (bicyclic) bond motifs is 1. The van der Waals surface area contributed by atoms with Gasteiger partial charge in [-0.3, -0.25) is 9.36 Å². The van der Waals surface area contributed by atoms with E-state index in [-0.39, 0.29) is 31.6 Å². The average Bonchev–Trinajstić information content (AvgIpc) is 3.73. The van der Waals surface area contributed by atoms with Crippen molar-refractivity contribution in [3.05, 3.63) is 104 Å². The Morgan fingerprint density at radius 1 is 1.08 bits per heavy atom. The maximum atomic E-state index is 14.1. The Kier molecular flexibility index (Phi) is 13.3. The molecular weight excluding hydrogens is 641 g/mol. The quantitative estimate of drug-likeness (QED) is 0.205. The molecule has 0 aliphatic carbocycles. The van der Waals surface area contributed by atoms with Crippen LogP contribution in [-0.2, 0) is 34.6 Å². The normalized spacial score (nSPS) is 11.6. The van der Waals surface area contributed by atoms with Gasteiger partial charge in [-0.15, -0.1) is 4.80 Å². The predicted octanol–water partition coefficient (Wildman–Crippen LogP) is 4.37. The van der Waals surface area contributed by atoms with Crippen LogP contribution in [0.15, 0.2) is 70.5 Å². The van der Waals surface area contributed by atoms with Gasteiger partial charge < -0.3 is 19.7 Å². The fourth-order valence-electron chi connectivity index (χ4n) is 4.70. The third-order valence-corrected chi connectivity index (χ3v) is 8.45. The van der Waals surface area contributed by atoms with E-state index in [1.807, 2.05) is 44.2 Å². The Morgan fingerprint density at radius 2 is 1.71 bits per heavy atom. The lowest BCUT2D eigenvalue weighted by atomic mass is 10.1. The Labute approximate surface area is 281 Å². The summed E-state index contributed by atoms with van der Waals surface area (Å²) in [5.74, 6) is -0.706. The molecule has 2 N–H and O–H groups in total. The smallest absolute Gasteiger partial charge is 0.333 e. The topological polar surface area (TPSA) is 151 Å². The SMILES string of the molecule is CC.CC(O)CO.COc1ccc(F)cc1CCn1c(=O)n(C(C)(C)C(=O)OCc2ccccc2)c(=O)c2c(C)c(-n3nccn3)sc21. The van der Waals surface area contributed by atoms with Gasteiger partial charge in [-0.2, -0.15) is 10.2 Å². The first-order valence-corrected chi connectivity index (χ1v) is 16.2. The van der Waals surface area contributed by atoms with Gasteiger partial charge >= 0.3 is 11.7 Å². The summed E-state index contributed by atoms with van der Waals surface area (Å²) in [6.45, 7) is 10.2. The molecule has 0 radical (unpaired) electrons. The monoisotopic (exact) mass is 683 g/mol. The van der Waals surface area contributed by atoms with Crippen molar-refractivity contribution in [1.82, 2.24) is 24.1 Å². The second-order valence-electron chi connectivity index (χ2n) is 11.0. The second kappa shape index (κ2) is 16.9. The number of ether oxygens (including phenoxy) is 2. The van der Waals surface area contributed by atoms with Crippen LogP contribution in [0, 0.1) is 12.7 Å². The number of thiophene rings is 1.